The molecule has 0 radical (unpaired) electrons. The Kier molecular flexibility index (Phi) is 3.45. The van der Waals surface area contributed by atoms with Crippen molar-refractivity contribution in [2.75, 3.05) is 0 Å². The van der Waals surface area contributed by atoms with E-state index in [2.05, 4.69) is 21.3 Å². The Morgan fingerprint density at radius 2 is 2.32 bits per heavy atom. The van der Waals surface area contributed by atoms with Gasteiger partial charge in [-0.2, -0.15) is 10.4 Å². The molecule has 0 saturated carbocycles. The lowest BCUT2D eigenvalue weighted by atomic mass is 10.1. The number of nitrogens with one attached hydrogen (secondary N) is 1. The number of hydrogen-bond donors (Lipinski definition) is 2. The van der Waals surface area contributed by atoms with Crippen molar-refractivity contribution in [3.63, 3.8) is 0 Å². The zero-order valence-electron chi connectivity index (χ0n) is 11.9. The lowest BCUT2D eigenvalue weighted by Gasteiger charge is -2.16. The zero-order chi connectivity index (χ0) is 15.7. The molecule has 1 aromatic carbocycles. The number of hydrogen-bond acceptors (Lipinski definition) is 5. The summed E-state index contributed by atoms with van der Waals surface area (Å²) in [6.07, 6.45) is 3.76. The van der Waals surface area contributed by atoms with Gasteiger partial charge in [0.15, 0.2) is 0 Å². The second-order valence-electron chi connectivity index (χ2n) is 4.90. The molecular formula is C15H14N6O. The third-order valence-electron chi connectivity index (χ3n) is 3.56. The van der Waals surface area contributed by atoms with E-state index in [9.17, 15) is 10.1 Å². The first-order chi connectivity index (χ1) is 10.7. The van der Waals surface area contributed by atoms with Crippen LogP contribution in [-0.2, 0) is 0 Å². The topological polar surface area (TPSA) is 113 Å². The van der Waals surface area contributed by atoms with Crippen molar-refractivity contribution in [1.29, 1.82) is 5.26 Å². The molecule has 3 rings (SSSR count). The predicted molar refractivity (Wildman–Crippen MR) is 81.4 cm³/mol. The van der Waals surface area contributed by atoms with Crippen LogP contribution >= 0.6 is 0 Å². The van der Waals surface area contributed by atoms with Crippen molar-refractivity contribution >= 4 is 10.9 Å². The van der Waals surface area contributed by atoms with Crippen molar-refractivity contribution in [3.8, 4) is 11.8 Å². The quantitative estimate of drug-likeness (QED) is 0.757. The number of nitriles is 1. The molecule has 0 unspecified atom stereocenters. The average Bonchev–Trinajstić information content (AvgIpc) is 3.07. The summed E-state index contributed by atoms with van der Waals surface area (Å²) in [7, 11) is 0. The van der Waals surface area contributed by atoms with E-state index in [0.29, 0.717) is 34.4 Å². The van der Waals surface area contributed by atoms with Gasteiger partial charge in [0.2, 0.25) is 0 Å². The van der Waals surface area contributed by atoms with Crippen LogP contribution in [0.25, 0.3) is 16.6 Å². The fourth-order valence-electron chi connectivity index (χ4n) is 2.36. The summed E-state index contributed by atoms with van der Waals surface area (Å²) >= 11 is 0. The van der Waals surface area contributed by atoms with Gasteiger partial charge in [-0.25, -0.2) is 4.98 Å². The van der Waals surface area contributed by atoms with Gasteiger partial charge in [0.25, 0.3) is 5.56 Å². The minimum atomic E-state index is -0.418. The van der Waals surface area contributed by atoms with E-state index in [1.54, 1.807) is 24.4 Å². The van der Waals surface area contributed by atoms with Crippen molar-refractivity contribution < 1.29 is 0 Å². The third-order valence-corrected chi connectivity index (χ3v) is 3.56. The molecular weight excluding hydrogens is 280 g/mol. The highest BCUT2D eigenvalue weighted by Gasteiger charge is 2.19. The number of fused-ring (bicyclic) bond motifs is 1. The highest BCUT2D eigenvalue weighted by molar-refractivity contribution is 5.83. The third kappa shape index (κ3) is 2.06. The number of rotatable bonds is 3. The molecule has 22 heavy (non-hydrogen) atoms. The number of aromatic nitrogens is 4. The highest BCUT2D eigenvalue weighted by atomic mass is 16.1. The summed E-state index contributed by atoms with van der Waals surface area (Å²) in [6.45, 7) is 1.91. The van der Waals surface area contributed by atoms with Crippen LogP contribution in [0.5, 0.6) is 0 Å². The van der Waals surface area contributed by atoms with Crippen LogP contribution in [0, 0.1) is 11.3 Å². The van der Waals surface area contributed by atoms with E-state index in [1.165, 1.54) is 10.8 Å². The molecule has 2 aromatic heterocycles. The number of nitrogens with zero attached hydrogens (tertiary/aromatic N) is 4. The minimum absolute atomic E-state index is 0.262. The van der Waals surface area contributed by atoms with Crippen LogP contribution < -0.4 is 11.3 Å². The summed E-state index contributed by atoms with van der Waals surface area (Å²) in [5.74, 6) is 0.420. The summed E-state index contributed by atoms with van der Waals surface area (Å²) in [5, 5.41) is 16.2. The predicted octanol–water partition coefficient (Wildman–Crippen LogP) is 1.39. The van der Waals surface area contributed by atoms with Crippen LogP contribution in [0.4, 0.5) is 0 Å². The Bertz CT molecular complexity index is 920. The zero-order valence-corrected chi connectivity index (χ0v) is 11.9. The van der Waals surface area contributed by atoms with E-state index in [0.717, 1.165) is 0 Å². The SMILES string of the molecule is CC[C@H](N)c1nc2c(C#N)cccc2c(=O)n1-c1cn[nH]c1. The lowest BCUT2D eigenvalue weighted by Crippen LogP contribution is -2.28. The molecule has 0 amide bonds. The molecule has 0 spiro atoms. The molecule has 0 aliphatic heterocycles. The van der Waals surface area contributed by atoms with Crippen molar-refractivity contribution in [3.05, 3.63) is 52.3 Å². The van der Waals surface area contributed by atoms with Gasteiger partial charge < -0.3 is 5.73 Å². The smallest absolute Gasteiger partial charge is 0.266 e. The van der Waals surface area contributed by atoms with E-state index in [4.69, 9.17) is 5.73 Å². The molecule has 2 heterocycles. The van der Waals surface area contributed by atoms with Crippen molar-refractivity contribution in [1.82, 2.24) is 19.7 Å². The highest BCUT2D eigenvalue weighted by Crippen LogP contribution is 2.19. The number of para-hydroxylation sites is 1. The molecule has 7 nitrogen and oxygen atoms in total. The molecule has 0 bridgehead atoms. The summed E-state index contributed by atoms with van der Waals surface area (Å²) in [4.78, 5) is 17.4. The van der Waals surface area contributed by atoms with Crippen molar-refractivity contribution in [2.24, 2.45) is 5.73 Å². The monoisotopic (exact) mass is 294 g/mol. The molecule has 110 valence electrons. The van der Waals surface area contributed by atoms with Crippen LogP contribution in [-0.4, -0.2) is 19.7 Å². The fourth-order valence-corrected chi connectivity index (χ4v) is 2.36. The second-order valence-corrected chi connectivity index (χ2v) is 4.90. The Balaban J connectivity index is 2.46. The van der Waals surface area contributed by atoms with E-state index >= 15 is 0 Å². The molecule has 1 atom stereocenters. The fraction of sp³-hybridized carbons (Fsp3) is 0.200. The summed E-state index contributed by atoms with van der Waals surface area (Å²) in [6, 6.07) is 6.61. The summed E-state index contributed by atoms with van der Waals surface area (Å²) in [5.41, 5.74) is 7.17. The van der Waals surface area contributed by atoms with Crippen LogP contribution in [0.15, 0.2) is 35.4 Å². The van der Waals surface area contributed by atoms with Gasteiger partial charge >= 0.3 is 0 Å². The van der Waals surface area contributed by atoms with E-state index in [-0.39, 0.29) is 5.56 Å². The van der Waals surface area contributed by atoms with Crippen LogP contribution in [0.2, 0.25) is 0 Å². The first kappa shape index (κ1) is 14.0. The Morgan fingerprint density at radius 1 is 1.50 bits per heavy atom. The van der Waals surface area contributed by atoms with Gasteiger partial charge in [-0.1, -0.05) is 13.0 Å². The minimum Gasteiger partial charge on any atom is -0.321 e. The van der Waals surface area contributed by atoms with Gasteiger partial charge in [0.1, 0.15) is 11.9 Å². The normalized spacial score (nSPS) is 12.2. The second kappa shape index (κ2) is 5.42. The van der Waals surface area contributed by atoms with Crippen LogP contribution in [0.3, 0.4) is 0 Å². The van der Waals surface area contributed by atoms with E-state index < -0.39 is 6.04 Å². The maximum atomic E-state index is 12.9. The average molecular weight is 294 g/mol. The standard InChI is InChI=1S/C15H14N6O/c1-2-12(17)14-20-13-9(6-16)4-3-5-11(13)15(22)21(14)10-7-18-19-8-10/h3-5,7-8,12H,2,17H2,1H3,(H,18,19)/t12-/m0/s1. The number of H-pyrrole nitrogens is 1. The van der Waals surface area contributed by atoms with Gasteiger partial charge in [-0.05, 0) is 18.6 Å². The van der Waals surface area contributed by atoms with Crippen LogP contribution in [0.1, 0.15) is 30.8 Å². The summed E-state index contributed by atoms with van der Waals surface area (Å²) < 4.78 is 1.45. The largest absolute Gasteiger partial charge is 0.321 e. The van der Waals surface area contributed by atoms with E-state index in [1.807, 2.05) is 6.92 Å². The molecule has 3 N–H and O–H groups in total. The van der Waals surface area contributed by atoms with Crippen molar-refractivity contribution in [2.45, 2.75) is 19.4 Å². The Morgan fingerprint density at radius 3 is 2.95 bits per heavy atom. The molecule has 3 aromatic rings. The maximum Gasteiger partial charge on any atom is 0.266 e. The molecule has 0 aliphatic carbocycles. The molecule has 0 aliphatic rings. The van der Waals surface area contributed by atoms with Gasteiger partial charge in [-0.3, -0.25) is 14.5 Å². The van der Waals surface area contributed by atoms with Gasteiger partial charge in [0.05, 0.1) is 34.4 Å². The first-order valence-electron chi connectivity index (χ1n) is 6.87. The molecule has 0 fully saturated rings. The van der Waals surface area contributed by atoms with Gasteiger partial charge in [-0.15, -0.1) is 0 Å². The first-order valence-corrected chi connectivity index (χ1v) is 6.87. The Hall–Kier alpha value is -2.98. The molecule has 7 heteroatoms. The number of aromatic amines is 1. The number of nitrogens with two attached hydrogens (primary N) is 1. The maximum absolute atomic E-state index is 12.9. The number of benzene rings is 1. The lowest BCUT2D eigenvalue weighted by molar-refractivity contribution is 0.623. The van der Waals surface area contributed by atoms with Gasteiger partial charge in [0, 0.05) is 6.20 Å². The Labute approximate surface area is 126 Å². The molecule has 0 saturated heterocycles.